The van der Waals surface area contributed by atoms with E-state index in [4.69, 9.17) is 10.2 Å². The standard InChI is InChI=1S/C11H20O4/c1-5-7(6-2)11(3,4)8(9(12)13)10(14)15/h7-8H,5-6H2,1-4H3,(H,12,13)(H,14,15). The van der Waals surface area contributed by atoms with Crippen molar-refractivity contribution in [2.45, 2.75) is 40.5 Å². The lowest BCUT2D eigenvalue weighted by Gasteiger charge is -2.36. The molecule has 0 amide bonds. The molecule has 0 aliphatic carbocycles. The second kappa shape index (κ2) is 5.14. The van der Waals surface area contributed by atoms with Gasteiger partial charge in [-0.1, -0.05) is 40.5 Å². The van der Waals surface area contributed by atoms with E-state index in [1.807, 2.05) is 13.8 Å². The van der Waals surface area contributed by atoms with E-state index in [9.17, 15) is 9.59 Å². The molecule has 0 saturated heterocycles. The molecule has 0 saturated carbocycles. The highest BCUT2D eigenvalue weighted by Crippen LogP contribution is 2.39. The molecule has 0 aromatic rings. The van der Waals surface area contributed by atoms with Gasteiger partial charge in [-0.3, -0.25) is 9.59 Å². The molecule has 4 nitrogen and oxygen atoms in total. The maximum absolute atomic E-state index is 10.9. The average molecular weight is 216 g/mol. The highest BCUT2D eigenvalue weighted by molar-refractivity contribution is 5.93. The largest absolute Gasteiger partial charge is 0.481 e. The van der Waals surface area contributed by atoms with Gasteiger partial charge in [0.05, 0.1) is 0 Å². The van der Waals surface area contributed by atoms with E-state index >= 15 is 0 Å². The van der Waals surface area contributed by atoms with Crippen molar-refractivity contribution in [2.24, 2.45) is 17.3 Å². The number of carboxylic acids is 2. The van der Waals surface area contributed by atoms with E-state index in [-0.39, 0.29) is 5.92 Å². The first-order valence-corrected chi connectivity index (χ1v) is 5.24. The highest BCUT2D eigenvalue weighted by atomic mass is 16.4. The van der Waals surface area contributed by atoms with E-state index in [0.717, 1.165) is 12.8 Å². The minimum absolute atomic E-state index is 0.106. The van der Waals surface area contributed by atoms with Gasteiger partial charge >= 0.3 is 11.9 Å². The Labute approximate surface area is 90.3 Å². The summed E-state index contributed by atoms with van der Waals surface area (Å²) in [6.45, 7) is 7.35. The Morgan fingerprint density at radius 2 is 1.40 bits per heavy atom. The van der Waals surface area contributed by atoms with Crippen LogP contribution >= 0.6 is 0 Å². The van der Waals surface area contributed by atoms with Crippen molar-refractivity contribution in [1.29, 1.82) is 0 Å². The molecule has 0 atom stereocenters. The van der Waals surface area contributed by atoms with E-state index in [1.54, 1.807) is 13.8 Å². The molecule has 88 valence electrons. The molecule has 0 bridgehead atoms. The number of aliphatic carboxylic acids is 2. The van der Waals surface area contributed by atoms with Crippen LogP contribution in [0.1, 0.15) is 40.5 Å². The summed E-state index contributed by atoms with van der Waals surface area (Å²) in [5.41, 5.74) is -0.721. The summed E-state index contributed by atoms with van der Waals surface area (Å²) >= 11 is 0. The van der Waals surface area contributed by atoms with Gasteiger partial charge in [0.15, 0.2) is 5.92 Å². The van der Waals surface area contributed by atoms with Crippen LogP contribution in [0.2, 0.25) is 0 Å². The number of carbonyl (C=O) groups is 2. The summed E-state index contributed by atoms with van der Waals surface area (Å²) in [4.78, 5) is 21.9. The Balaban J connectivity index is 5.09. The van der Waals surface area contributed by atoms with Gasteiger partial charge in [-0.25, -0.2) is 0 Å². The van der Waals surface area contributed by atoms with Crippen LogP contribution in [-0.4, -0.2) is 22.2 Å². The third-order valence-electron chi connectivity index (χ3n) is 3.28. The molecule has 0 fully saturated rings. The molecule has 15 heavy (non-hydrogen) atoms. The monoisotopic (exact) mass is 216 g/mol. The Morgan fingerprint density at radius 3 is 1.60 bits per heavy atom. The number of rotatable bonds is 6. The molecule has 0 aliphatic heterocycles. The average Bonchev–Trinajstić information content (AvgIpc) is 2.02. The van der Waals surface area contributed by atoms with Crippen LogP contribution in [-0.2, 0) is 9.59 Å². The van der Waals surface area contributed by atoms with Crippen molar-refractivity contribution in [3.05, 3.63) is 0 Å². The number of carboxylic acid groups (broad SMARTS) is 2. The summed E-state index contributed by atoms with van der Waals surface area (Å²) in [5, 5.41) is 17.9. The zero-order chi connectivity index (χ0) is 12.2. The van der Waals surface area contributed by atoms with Crippen molar-refractivity contribution in [3.63, 3.8) is 0 Å². The van der Waals surface area contributed by atoms with Crippen molar-refractivity contribution in [1.82, 2.24) is 0 Å². The molecular formula is C11H20O4. The second-order valence-corrected chi connectivity index (χ2v) is 4.44. The van der Waals surface area contributed by atoms with E-state index in [1.165, 1.54) is 0 Å². The van der Waals surface area contributed by atoms with Crippen molar-refractivity contribution in [3.8, 4) is 0 Å². The van der Waals surface area contributed by atoms with Crippen LogP contribution in [0.5, 0.6) is 0 Å². The van der Waals surface area contributed by atoms with E-state index in [0.29, 0.717) is 0 Å². The molecule has 0 rings (SSSR count). The van der Waals surface area contributed by atoms with E-state index in [2.05, 4.69) is 0 Å². The fourth-order valence-corrected chi connectivity index (χ4v) is 2.32. The molecular weight excluding hydrogens is 196 g/mol. The smallest absolute Gasteiger partial charge is 0.318 e. The number of hydrogen-bond donors (Lipinski definition) is 2. The molecule has 0 aliphatic rings. The minimum atomic E-state index is -1.33. The number of hydrogen-bond acceptors (Lipinski definition) is 2. The summed E-state index contributed by atoms with van der Waals surface area (Å²) < 4.78 is 0. The van der Waals surface area contributed by atoms with Crippen molar-refractivity contribution in [2.75, 3.05) is 0 Å². The summed E-state index contributed by atoms with van der Waals surface area (Å²) in [7, 11) is 0. The maximum Gasteiger partial charge on any atom is 0.318 e. The Hall–Kier alpha value is -1.06. The normalized spacial score (nSPS) is 12.1. The van der Waals surface area contributed by atoms with Gasteiger partial charge in [-0.2, -0.15) is 0 Å². The van der Waals surface area contributed by atoms with Crippen molar-refractivity contribution < 1.29 is 19.8 Å². The van der Waals surface area contributed by atoms with Crippen LogP contribution in [0.4, 0.5) is 0 Å². The fourth-order valence-electron chi connectivity index (χ4n) is 2.32. The summed E-state index contributed by atoms with van der Waals surface area (Å²) in [6.07, 6.45) is 1.58. The van der Waals surface area contributed by atoms with Gasteiger partial charge in [-0.05, 0) is 11.3 Å². The highest BCUT2D eigenvalue weighted by Gasteiger charge is 2.44. The van der Waals surface area contributed by atoms with Crippen LogP contribution in [0, 0.1) is 17.3 Å². The van der Waals surface area contributed by atoms with Gasteiger partial charge < -0.3 is 10.2 Å². The van der Waals surface area contributed by atoms with Crippen molar-refractivity contribution >= 4 is 11.9 Å². The first-order chi connectivity index (χ1) is 6.78. The molecule has 0 aromatic carbocycles. The summed E-state index contributed by atoms with van der Waals surface area (Å²) in [5.74, 6) is -3.73. The lowest BCUT2D eigenvalue weighted by atomic mass is 9.67. The molecule has 2 N–H and O–H groups in total. The summed E-state index contributed by atoms with van der Waals surface area (Å²) in [6, 6.07) is 0. The Kier molecular flexibility index (Phi) is 4.78. The molecule has 0 radical (unpaired) electrons. The van der Waals surface area contributed by atoms with Gasteiger partial charge in [0.25, 0.3) is 0 Å². The minimum Gasteiger partial charge on any atom is -0.481 e. The first-order valence-electron chi connectivity index (χ1n) is 5.24. The van der Waals surface area contributed by atoms with Crippen LogP contribution in [0.15, 0.2) is 0 Å². The fraction of sp³-hybridized carbons (Fsp3) is 0.818. The lowest BCUT2D eigenvalue weighted by Crippen LogP contribution is -2.41. The zero-order valence-electron chi connectivity index (χ0n) is 9.78. The van der Waals surface area contributed by atoms with Gasteiger partial charge in [-0.15, -0.1) is 0 Å². The lowest BCUT2D eigenvalue weighted by molar-refractivity contribution is -0.162. The zero-order valence-corrected chi connectivity index (χ0v) is 9.78. The Bertz CT molecular complexity index is 227. The second-order valence-electron chi connectivity index (χ2n) is 4.44. The van der Waals surface area contributed by atoms with E-state index < -0.39 is 23.3 Å². The van der Waals surface area contributed by atoms with Gasteiger partial charge in [0, 0.05) is 0 Å². The third-order valence-corrected chi connectivity index (χ3v) is 3.28. The van der Waals surface area contributed by atoms with Crippen LogP contribution in [0.3, 0.4) is 0 Å². The molecule has 4 heteroatoms. The molecule has 0 unspecified atom stereocenters. The maximum atomic E-state index is 10.9. The third kappa shape index (κ3) is 2.94. The van der Waals surface area contributed by atoms with Crippen LogP contribution < -0.4 is 0 Å². The Morgan fingerprint density at radius 1 is 1.07 bits per heavy atom. The quantitative estimate of drug-likeness (QED) is 0.668. The predicted molar refractivity (Wildman–Crippen MR) is 56.6 cm³/mol. The van der Waals surface area contributed by atoms with Gasteiger partial charge in [0.2, 0.25) is 0 Å². The molecule has 0 spiro atoms. The molecule has 0 aromatic heterocycles. The van der Waals surface area contributed by atoms with Gasteiger partial charge in [0.1, 0.15) is 0 Å². The topological polar surface area (TPSA) is 74.6 Å². The van der Waals surface area contributed by atoms with Crippen LogP contribution in [0.25, 0.3) is 0 Å². The predicted octanol–water partition coefficient (Wildman–Crippen LogP) is 2.23. The molecule has 0 heterocycles. The first kappa shape index (κ1) is 13.9. The SMILES string of the molecule is CCC(CC)C(C)(C)C(C(=O)O)C(=O)O.